The Balaban J connectivity index is 1.35. The second kappa shape index (κ2) is 8.53. The Kier molecular flexibility index (Phi) is 5.48. The van der Waals surface area contributed by atoms with Gasteiger partial charge in [0.15, 0.2) is 0 Å². The Bertz CT molecular complexity index is 1180. The Hall–Kier alpha value is -4.06. The third kappa shape index (κ3) is 4.50. The summed E-state index contributed by atoms with van der Waals surface area (Å²) in [5.74, 6) is -0.0890. The molecule has 0 fully saturated rings. The number of para-hydroxylation sites is 2. The van der Waals surface area contributed by atoms with Crippen molar-refractivity contribution in [1.82, 2.24) is 4.57 Å². The first-order valence-electron chi connectivity index (χ1n) is 9.64. The first-order chi connectivity index (χ1) is 14.6. The molecule has 0 atom stereocenters. The fourth-order valence-corrected chi connectivity index (χ4v) is 3.40. The van der Waals surface area contributed by atoms with Gasteiger partial charge in [0, 0.05) is 41.2 Å². The molecule has 0 spiro atoms. The second-order valence-electron chi connectivity index (χ2n) is 7.03. The number of fused-ring (bicyclic) bond motifs is 1. The van der Waals surface area contributed by atoms with Crippen molar-refractivity contribution in [3.8, 4) is 0 Å². The summed E-state index contributed by atoms with van der Waals surface area (Å²) in [6.45, 7) is 0. The molecule has 1 aromatic heterocycles. The zero-order valence-electron chi connectivity index (χ0n) is 16.6. The van der Waals surface area contributed by atoms with Gasteiger partial charge in [-0.2, -0.15) is 0 Å². The van der Waals surface area contributed by atoms with Crippen LogP contribution >= 0.6 is 0 Å². The van der Waals surface area contributed by atoms with Crippen LogP contribution in [0.1, 0.15) is 5.56 Å². The standard InChI is InChI=1S/C24H22N4O2/c1-28-16-17(21-9-5-6-10-22(21)28)15-23(29)25-19-11-13-20(14-12-19)27-24(30)26-18-7-3-2-4-8-18/h2-14,16H,15H2,1H3,(H,25,29)(H2,26,27,30). The number of aryl methyl sites for hydroxylation is 1. The molecule has 3 aromatic carbocycles. The van der Waals surface area contributed by atoms with E-state index in [1.54, 1.807) is 24.3 Å². The molecule has 0 unspecified atom stereocenters. The van der Waals surface area contributed by atoms with Crippen LogP contribution in [-0.4, -0.2) is 16.5 Å². The molecular formula is C24H22N4O2. The van der Waals surface area contributed by atoms with Crippen LogP contribution in [0.25, 0.3) is 10.9 Å². The Morgan fingerprint density at radius 1 is 0.733 bits per heavy atom. The molecular weight excluding hydrogens is 376 g/mol. The minimum absolute atomic E-state index is 0.0890. The molecule has 3 N–H and O–H groups in total. The van der Waals surface area contributed by atoms with Crippen molar-refractivity contribution in [2.45, 2.75) is 6.42 Å². The first kappa shape index (κ1) is 19.3. The van der Waals surface area contributed by atoms with Gasteiger partial charge < -0.3 is 20.5 Å². The molecule has 0 saturated heterocycles. The molecule has 4 rings (SSSR count). The van der Waals surface area contributed by atoms with Crippen molar-refractivity contribution in [1.29, 1.82) is 0 Å². The highest BCUT2D eigenvalue weighted by Crippen LogP contribution is 2.21. The van der Waals surface area contributed by atoms with E-state index >= 15 is 0 Å². The van der Waals surface area contributed by atoms with E-state index in [1.165, 1.54) is 0 Å². The van der Waals surface area contributed by atoms with Crippen LogP contribution in [0.15, 0.2) is 85.1 Å². The van der Waals surface area contributed by atoms with Gasteiger partial charge >= 0.3 is 6.03 Å². The number of carbonyl (C=O) groups is 2. The topological polar surface area (TPSA) is 75.2 Å². The monoisotopic (exact) mass is 398 g/mol. The molecule has 6 heteroatoms. The van der Waals surface area contributed by atoms with E-state index in [2.05, 4.69) is 16.0 Å². The van der Waals surface area contributed by atoms with Gasteiger partial charge in [0.2, 0.25) is 5.91 Å². The van der Waals surface area contributed by atoms with Gasteiger partial charge in [-0.15, -0.1) is 0 Å². The van der Waals surface area contributed by atoms with Crippen molar-refractivity contribution in [2.24, 2.45) is 7.05 Å². The van der Waals surface area contributed by atoms with Crippen LogP contribution in [0.3, 0.4) is 0 Å². The number of anilines is 3. The Morgan fingerprint density at radius 3 is 2.00 bits per heavy atom. The Morgan fingerprint density at radius 2 is 1.30 bits per heavy atom. The molecule has 1 heterocycles. The molecule has 4 aromatic rings. The second-order valence-corrected chi connectivity index (χ2v) is 7.03. The molecule has 0 aliphatic heterocycles. The molecule has 150 valence electrons. The fraction of sp³-hybridized carbons (Fsp3) is 0.0833. The van der Waals surface area contributed by atoms with Crippen molar-refractivity contribution in [2.75, 3.05) is 16.0 Å². The van der Waals surface area contributed by atoms with Crippen LogP contribution in [0.5, 0.6) is 0 Å². The predicted octanol–water partition coefficient (Wildman–Crippen LogP) is 5.00. The quantitative estimate of drug-likeness (QED) is 0.442. The summed E-state index contributed by atoms with van der Waals surface area (Å²) in [5.41, 5.74) is 4.11. The van der Waals surface area contributed by atoms with E-state index in [4.69, 9.17) is 0 Å². The predicted molar refractivity (Wildman–Crippen MR) is 121 cm³/mol. The van der Waals surface area contributed by atoms with Gasteiger partial charge in [-0.1, -0.05) is 36.4 Å². The fourth-order valence-electron chi connectivity index (χ4n) is 3.40. The lowest BCUT2D eigenvalue weighted by Gasteiger charge is -2.09. The zero-order chi connectivity index (χ0) is 20.9. The first-order valence-corrected chi connectivity index (χ1v) is 9.64. The highest BCUT2D eigenvalue weighted by atomic mass is 16.2. The third-order valence-corrected chi connectivity index (χ3v) is 4.79. The summed E-state index contributed by atoms with van der Waals surface area (Å²) in [6, 6.07) is 23.9. The summed E-state index contributed by atoms with van der Waals surface area (Å²) >= 11 is 0. The SMILES string of the molecule is Cn1cc(CC(=O)Nc2ccc(NC(=O)Nc3ccccc3)cc2)c2ccccc21. The summed E-state index contributed by atoms with van der Waals surface area (Å²) in [6.07, 6.45) is 2.28. The number of carbonyl (C=O) groups excluding carboxylic acids is 2. The molecule has 0 saturated carbocycles. The largest absolute Gasteiger partial charge is 0.350 e. The number of urea groups is 1. The normalized spacial score (nSPS) is 10.6. The van der Waals surface area contributed by atoms with Crippen LogP contribution in [0, 0.1) is 0 Å². The number of rotatable bonds is 5. The molecule has 0 bridgehead atoms. The number of aromatic nitrogens is 1. The maximum Gasteiger partial charge on any atom is 0.323 e. The molecule has 30 heavy (non-hydrogen) atoms. The molecule has 0 aliphatic carbocycles. The van der Waals surface area contributed by atoms with Gasteiger partial charge in [0.05, 0.1) is 6.42 Å². The van der Waals surface area contributed by atoms with Crippen molar-refractivity contribution in [3.63, 3.8) is 0 Å². The smallest absolute Gasteiger partial charge is 0.323 e. The lowest BCUT2D eigenvalue weighted by molar-refractivity contribution is -0.115. The van der Waals surface area contributed by atoms with Crippen molar-refractivity contribution < 1.29 is 9.59 Å². The van der Waals surface area contributed by atoms with E-state index < -0.39 is 0 Å². The minimum Gasteiger partial charge on any atom is -0.350 e. The third-order valence-electron chi connectivity index (χ3n) is 4.79. The van der Waals surface area contributed by atoms with Crippen LogP contribution in [-0.2, 0) is 18.3 Å². The summed E-state index contributed by atoms with van der Waals surface area (Å²) in [7, 11) is 1.98. The minimum atomic E-state index is -0.325. The highest BCUT2D eigenvalue weighted by Gasteiger charge is 2.11. The van der Waals surface area contributed by atoms with E-state index in [9.17, 15) is 9.59 Å². The lowest BCUT2D eigenvalue weighted by atomic mass is 10.1. The highest BCUT2D eigenvalue weighted by molar-refractivity contribution is 6.00. The van der Waals surface area contributed by atoms with Crippen molar-refractivity contribution >= 4 is 39.9 Å². The Labute approximate surface area is 174 Å². The maximum atomic E-state index is 12.5. The average Bonchev–Trinajstić information content (AvgIpc) is 3.06. The zero-order valence-corrected chi connectivity index (χ0v) is 16.6. The van der Waals surface area contributed by atoms with Gasteiger partial charge in [-0.05, 0) is 48.0 Å². The summed E-state index contributed by atoms with van der Waals surface area (Å²) < 4.78 is 2.03. The van der Waals surface area contributed by atoms with Crippen LogP contribution in [0.2, 0.25) is 0 Å². The average molecular weight is 398 g/mol. The van der Waals surface area contributed by atoms with Crippen LogP contribution < -0.4 is 16.0 Å². The number of nitrogens with zero attached hydrogens (tertiary/aromatic N) is 1. The van der Waals surface area contributed by atoms with Gasteiger partial charge in [-0.3, -0.25) is 4.79 Å². The lowest BCUT2D eigenvalue weighted by Crippen LogP contribution is -2.19. The van der Waals surface area contributed by atoms with Gasteiger partial charge in [0.1, 0.15) is 0 Å². The molecule has 6 nitrogen and oxygen atoms in total. The van der Waals surface area contributed by atoms with E-state index in [1.807, 2.05) is 72.4 Å². The molecule has 0 aliphatic rings. The number of hydrogen-bond acceptors (Lipinski definition) is 2. The van der Waals surface area contributed by atoms with Gasteiger partial charge in [-0.25, -0.2) is 4.79 Å². The van der Waals surface area contributed by atoms with Crippen molar-refractivity contribution in [3.05, 3.63) is 90.6 Å². The van der Waals surface area contributed by atoms with Crippen LogP contribution in [0.4, 0.5) is 21.9 Å². The summed E-state index contributed by atoms with van der Waals surface area (Å²) in [4.78, 5) is 24.6. The number of benzene rings is 3. The van der Waals surface area contributed by atoms with E-state index in [0.29, 0.717) is 23.5 Å². The molecule has 0 radical (unpaired) electrons. The molecule has 3 amide bonds. The van der Waals surface area contributed by atoms with E-state index in [0.717, 1.165) is 16.5 Å². The number of amides is 3. The van der Waals surface area contributed by atoms with E-state index in [-0.39, 0.29) is 11.9 Å². The maximum absolute atomic E-state index is 12.5. The summed E-state index contributed by atoms with van der Waals surface area (Å²) in [5, 5.41) is 9.52. The van der Waals surface area contributed by atoms with Gasteiger partial charge in [0.25, 0.3) is 0 Å². The number of hydrogen-bond donors (Lipinski definition) is 3. The number of nitrogens with one attached hydrogen (secondary N) is 3.